The number of hydrogen-bond acceptors (Lipinski definition) is 4. The van der Waals surface area contributed by atoms with Crippen LogP contribution >= 0.6 is 0 Å². The lowest BCUT2D eigenvalue weighted by atomic mass is 10.1. The minimum absolute atomic E-state index is 0.0648. The number of urea groups is 1. The van der Waals surface area contributed by atoms with E-state index in [2.05, 4.69) is 15.5 Å². The quantitative estimate of drug-likeness (QED) is 0.629. The van der Waals surface area contributed by atoms with Crippen LogP contribution in [0, 0.1) is 5.82 Å². The van der Waals surface area contributed by atoms with Crippen LogP contribution in [-0.4, -0.2) is 54.2 Å². The lowest BCUT2D eigenvalue weighted by Crippen LogP contribution is -2.54. The van der Waals surface area contributed by atoms with Crippen molar-refractivity contribution in [1.82, 2.24) is 20.4 Å². The van der Waals surface area contributed by atoms with Crippen LogP contribution in [0.5, 0.6) is 0 Å². The molecule has 6 nitrogen and oxygen atoms in total. The summed E-state index contributed by atoms with van der Waals surface area (Å²) in [6.45, 7) is 3.76. The average Bonchev–Trinajstić information content (AvgIpc) is 3.32. The fraction of sp³-hybridized carbons (Fsp3) is 0.476. The highest BCUT2D eigenvalue weighted by Gasteiger charge is 2.36. The zero-order valence-electron chi connectivity index (χ0n) is 16.0. The highest BCUT2D eigenvalue weighted by molar-refractivity contribution is 5.81. The lowest BCUT2D eigenvalue weighted by Gasteiger charge is -2.33. The molecule has 150 valence electrons. The van der Waals surface area contributed by atoms with Gasteiger partial charge in [-0.1, -0.05) is 18.6 Å². The Morgan fingerprint density at radius 3 is 2.75 bits per heavy atom. The molecule has 28 heavy (non-hydrogen) atoms. The highest BCUT2D eigenvalue weighted by atomic mass is 19.1. The minimum Gasteiger partial charge on any atom is -0.361 e. The zero-order valence-corrected chi connectivity index (χ0v) is 16.0. The van der Waals surface area contributed by atoms with E-state index in [-0.39, 0.29) is 24.1 Å². The van der Waals surface area contributed by atoms with Gasteiger partial charge in [0.25, 0.3) is 0 Å². The van der Waals surface area contributed by atoms with Crippen LogP contribution in [-0.2, 0) is 0 Å². The number of rotatable bonds is 7. The molecule has 1 aromatic rings. The van der Waals surface area contributed by atoms with Crippen molar-refractivity contribution in [2.24, 2.45) is 5.73 Å². The first-order valence-electron chi connectivity index (χ1n) is 10.1. The number of carbonyl (C=O) groups excluding carboxylic acids is 1. The van der Waals surface area contributed by atoms with E-state index < -0.39 is 0 Å². The summed E-state index contributed by atoms with van der Waals surface area (Å²) < 4.78 is 13.2. The molecule has 3 aliphatic rings. The average molecular weight is 385 g/mol. The van der Waals surface area contributed by atoms with Gasteiger partial charge in [-0.25, -0.2) is 9.18 Å². The van der Waals surface area contributed by atoms with Gasteiger partial charge in [-0.3, -0.25) is 4.90 Å². The monoisotopic (exact) mass is 385 g/mol. The Bertz CT molecular complexity index is 776. The number of nitrogens with one attached hydrogen (secondary N) is 2. The van der Waals surface area contributed by atoms with Crippen LogP contribution in [0.4, 0.5) is 9.18 Å². The van der Waals surface area contributed by atoms with Gasteiger partial charge in [0.1, 0.15) is 12.0 Å². The van der Waals surface area contributed by atoms with Crippen molar-refractivity contribution < 1.29 is 9.18 Å². The van der Waals surface area contributed by atoms with Gasteiger partial charge in [-0.15, -0.1) is 0 Å². The van der Waals surface area contributed by atoms with Crippen molar-refractivity contribution in [3.63, 3.8) is 0 Å². The minimum atomic E-state index is -0.257. The van der Waals surface area contributed by atoms with Crippen molar-refractivity contribution in [2.45, 2.75) is 37.9 Å². The number of benzene rings is 1. The molecule has 3 aliphatic heterocycles. The molecule has 0 aromatic heterocycles. The molecule has 0 aliphatic carbocycles. The highest BCUT2D eigenvalue weighted by Crippen LogP contribution is 2.28. The summed E-state index contributed by atoms with van der Waals surface area (Å²) in [4.78, 5) is 16.9. The van der Waals surface area contributed by atoms with Gasteiger partial charge in [0, 0.05) is 30.6 Å². The predicted octanol–water partition coefficient (Wildman–Crippen LogP) is 2.21. The standard InChI is InChI=1S/C21H28FN5O/c22-17-6-4-15(5-7-17)19-12-16-13-27(21(28)25-20(16)24-19)18-8-11-26(14-18)10-3-1-2-9-23/h4-7,12-13,18,20,24H,1-3,8-11,14,23H2,(H,25,28). The fourth-order valence-electron chi connectivity index (χ4n) is 4.15. The molecule has 2 unspecified atom stereocenters. The largest absolute Gasteiger partial charge is 0.361 e. The van der Waals surface area contributed by atoms with E-state index in [4.69, 9.17) is 5.73 Å². The normalized spacial score (nSPS) is 24.5. The Hall–Kier alpha value is -2.38. The molecule has 1 saturated heterocycles. The molecule has 2 atom stereocenters. The third-order valence-corrected chi connectivity index (χ3v) is 5.71. The van der Waals surface area contributed by atoms with E-state index in [0.29, 0.717) is 0 Å². The van der Waals surface area contributed by atoms with Crippen LogP contribution in [0.3, 0.4) is 0 Å². The summed E-state index contributed by atoms with van der Waals surface area (Å²) >= 11 is 0. The van der Waals surface area contributed by atoms with Gasteiger partial charge in [0.05, 0.1) is 6.04 Å². The Morgan fingerprint density at radius 2 is 1.96 bits per heavy atom. The van der Waals surface area contributed by atoms with Crippen LogP contribution in [0.25, 0.3) is 5.70 Å². The van der Waals surface area contributed by atoms with Gasteiger partial charge in [-0.05, 0) is 56.1 Å². The molecular formula is C21H28FN5O. The van der Waals surface area contributed by atoms with Crippen LogP contribution < -0.4 is 16.4 Å². The van der Waals surface area contributed by atoms with E-state index in [1.165, 1.54) is 12.1 Å². The van der Waals surface area contributed by atoms with E-state index in [1.807, 2.05) is 17.2 Å². The molecule has 7 heteroatoms. The van der Waals surface area contributed by atoms with Gasteiger partial charge in [-0.2, -0.15) is 0 Å². The molecule has 0 saturated carbocycles. The molecule has 2 amide bonds. The van der Waals surface area contributed by atoms with Crippen molar-refractivity contribution in [1.29, 1.82) is 0 Å². The maximum atomic E-state index is 13.2. The van der Waals surface area contributed by atoms with E-state index in [0.717, 1.165) is 68.7 Å². The fourth-order valence-corrected chi connectivity index (χ4v) is 4.15. The summed E-state index contributed by atoms with van der Waals surface area (Å²) in [5, 5.41) is 6.35. The van der Waals surface area contributed by atoms with Gasteiger partial charge < -0.3 is 21.3 Å². The molecule has 4 rings (SSSR count). The molecule has 0 bridgehead atoms. The maximum Gasteiger partial charge on any atom is 0.323 e. The molecule has 4 N–H and O–H groups in total. The molecular weight excluding hydrogens is 357 g/mol. The SMILES string of the molecule is NCCCCCN1CCC(N2C=C3C=C(c4ccc(F)cc4)NC3NC2=O)C1. The van der Waals surface area contributed by atoms with Crippen molar-refractivity contribution >= 4 is 11.7 Å². The molecule has 1 fully saturated rings. The Labute approximate surface area is 165 Å². The Balaban J connectivity index is 1.40. The van der Waals surface area contributed by atoms with E-state index in [1.54, 1.807) is 12.1 Å². The Morgan fingerprint density at radius 1 is 1.14 bits per heavy atom. The number of hydrogen-bond donors (Lipinski definition) is 3. The van der Waals surface area contributed by atoms with Gasteiger partial charge >= 0.3 is 6.03 Å². The summed E-state index contributed by atoms with van der Waals surface area (Å²) in [5.41, 5.74) is 8.38. The number of likely N-dealkylation sites (tertiary alicyclic amines) is 1. The molecule has 0 radical (unpaired) electrons. The third kappa shape index (κ3) is 4.05. The van der Waals surface area contributed by atoms with Gasteiger partial charge in [0.15, 0.2) is 0 Å². The number of halogens is 1. The lowest BCUT2D eigenvalue weighted by molar-refractivity contribution is 0.189. The Kier molecular flexibility index (Phi) is 5.64. The first-order valence-corrected chi connectivity index (χ1v) is 10.1. The van der Waals surface area contributed by atoms with Crippen molar-refractivity contribution in [3.05, 3.63) is 53.5 Å². The number of carbonyl (C=O) groups is 1. The topological polar surface area (TPSA) is 73.6 Å². The number of fused-ring (bicyclic) bond motifs is 1. The second-order valence-electron chi connectivity index (χ2n) is 7.72. The number of amides is 2. The van der Waals surface area contributed by atoms with Crippen molar-refractivity contribution in [2.75, 3.05) is 26.2 Å². The predicted molar refractivity (Wildman–Crippen MR) is 108 cm³/mol. The number of nitrogens with two attached hydrogens (primary N) is 1. The zero-order chi connectivity index (χ0) is 19.5. The first-order chi connectivity index (χ1) is 13.6. The van der Waals surface area contributed by atoms with Crippen LogP contribution in [0.1, 0.15) is 31.2 Å². The molecule has 1 aromatic carbocycles. The van der Waals surface area contributed by atoms with Gasteiger partial charge in [0.2, 0.25) is 0 Å². The molecule has 3 heterocycles. The second kappa shape index (κ2) is 8.32. The maximum absolute atomic E-state index is 13.2. The van der Waals surface area contributed by atoms with Crippen molar-refractivity contribution in [3.8, 4) is 0 Å². The summed E-state index contributed by atoms with van der Waals surface area (Å²) in [7, 11) is 0. The smallest absolute Gasteiger partial charge is 0.323 e. The second-order valence-corrected chi connectivity index (χ2v) is 7.72. The first kappa shape index (κ1) is 19.0. The van der Waals surface area contributed by atoms with Crippen LogP contribution in [0.2, 0.25) is 0 Å². The van der Waals surface area contributed by atoms with E-state index in [9.17, 15) is 9.18 Å². The number of nitrogens with zero attached hydrogens (tertiary/aromatic N) is 2. The summed E-state index contributed by atoms with van der Waals surface area (Å²) in [5.74, 6) is -0.257. The summed E-state index contributed by atoms with van der Waals surface area (Å²) in [6.07, 6.45) is 8.16. The van der Waals surface area contributed by atoms with Crippen LogP contribution in [0.15, 0.2) is 42.1 Å². The summed E-state index contributed by atoms with van der Waals surface area (Å²) in [6, 6.07) is 6.51. The van der Waals surface area contributed by atoms with E-state index >= 15 is 0 Å². The third-order valence-electron chi connectivity index (χ3n) is 5.71. The number of unbranched alkanes of at least 4 members (excludes halogenated alkanes) is 2. The molecule has 0 spiro atoms.